The number of nitrogens with zero attached hydrogens (tertiary/aromatic N) is 1. The molecule has 1 saturated heterocycles. The molecule has 0 aromatic heterocycles. The number of hydrogen-bond donors (Lipinski definition) is 1. The van der Waals surface area contributed by atoms with E-state index in [1.807, 2.05) is 12.1 Å². The van der Waals surface area contributed by atoms with E-state index in [9.17, 15) is 0 Å². The second kappa shape index (κ2) is 6.76. The maximum atomic E-state index is 6.00. The molecule has 0 saturated carbocycles. The van der Waals surface area contributed by atoms with Gasteiger partial charge in [0, 0.05) is 25.4 Å². The van der Waals surface area contributed by atoms with Crippen molar-refractivity contribution < 1.29 is 4.74 Å². The third-order valence-corrected chi connectivity index (χ3v) is 3.63. The molecule has 0 amide bonds. The van der Waals surface area contributed by atoms with Crippen LogP contribution in [0.3, 0.4) is 0 Å². The molecular formula is C15H24N2O. The minimum absolute atomic E-state index is 0.406. The second-order valence-electron chi connectivity index (χ2n) is 5.02. The molecule has 1 fully saturated rings. The highest BCUT2D eigenvalue weighted by Crippen LogP contribution is 2.17. The molecule has 0 aliphatic carbocycles. The molecule has 1 unspecified atom stereocenters. The summed E-state index contributed by atoms with van der Waals surface area (Å²) in [6.45, 7) is 6.10. The van der Waals surface area contributed by atoms with Gasteiger partial charge in [0.2, 0.25) is 0 Å². The summed E-state index contributed by atoms with van der Waals surface area (Å²) >= 11 is 0. The van der Waals surface area contributed by atoms with E-state index in [4.69, 9.17) is 10.5 Å². The molecule has 3 heteroatoms. The zero-order chi connectivity index (χ0) is 12.8. The van der Waals surface area contributed by atoms with Crippen molar-refractivity contribution >= 4 is 5.69 Å². The van der Waals surface area contributed by atoms with Crippen molar-refractivity contribution in [1.82, 2.24) is 4.90 Å². The highest BCUT2D eigenvalue weighted by molar-refractivity contribution is 5.46. The molecule has 1 aromatic carbocycles. The van der Waals surface area contributed by atoms with E-state index in [1.54, 1.807) is 0 Å². The molecule has 100 valence electrons. The van der Waals surface area contributed by atoms with Crippen LogP contribution in [0.2, 0.25) is 0 Å². The smallest absolute Gasteiger partial charge is 0.0702 e. The molecule has 2 rings (SSSR count). The van der Waals surface area contributed by atoms with Gasteiger partial charge in [-0.05, 0) is 37.4 Å². The summed E-state index contributed by atoms with van der Waals surface area (Å²) in [4.78, 5) is 2.42. The quantitative estimate of drug-likeness (QED) is 0.814. The topological polar surface area (TPSA) is 38.5 Å². The lowest BCUT2D eigenvalue weighted by Gasteiger charge is -2.29. The van der Waals surface area contributed by atoms with Crippen LogP contribution >= 0.6 is 0 Å². The van der Waals surface area contributed by atoms with E-state index >= 15 is 0 Å². The number of hydrogen-bond acceptors (Lipinski definition) is 3. The molecule has 1 aliphatic heterocycles. The molecule has 0 radical (unpaired) electrons. The summed E-state index contributed by atoms with van der Waals surface area (Å²) in [6, 6.07) is 8.12. The largest absolute Gasteiger partial charge is 0.398 e. The first-order chi connectivity index (χ1) is 8.79. The number of anilines is 1. The van der Waals surface area contributed by atoms with Crippen LogP contribution in [0.1, 0.15) is 31.7 Å². The van der Waals surface area contributed by atoms with E-state index in [1.165, 1.54) is 24.8 Å². The monoisotopic (exact) mass is 248 g/mol. The SMILES string of the molecule is CCN(Cc1ccccc1N)CC1CCCCO1. The third kappa shape index (κ3) is 3.72. The van der Waals surface area contributed by atoms with Crippen molar-refractivity contribution in [3.05, 3.63) is 29.8 Å². The van der Waals surface area contributed by atoms with E-state index in [0.29, 0.717) is 6.10 Å². The van der Waals surface area contributed by atoms with Crippen LogP contribution in [-0.2, 0) is 11.3 Å². The van der Waals surface area contributed by atoms with Gasteiger partial charge in [-0.3, -0.25) is 4.90 Å². The van der Waals surface area contributed by atoms with Crippen molar-refractivity contribution in [3.63, 3.8) is 0 Å². The summed E-state index contributed by atoms with van der Waals surface area (Å²) in [5, 5.41) is 0. The first kappa shape index (κ1) is 13.4. The van der Waals surface area contributed by atoms with Crippen molar-refractivity contribution in [3.8, 4) is 0 Å². The van der Waals surface area contributed by atoms with Gasteiger partial charge in [-0.2, -0.15) is 0 Å². The van der Waals surface area contributed by atoms with E-state index < -0.39 is 0 Å². The number of benzene rings is 1. The number of rotatable bonds is 5. The zero-order valence-corrected chi connectivity index (χ0v) is 11.3. The zero-order valence-electron chi connectivity index (χ0n) is 11.3. The Morgan fingerprint density at radius 3 is 2.83 bits per heavy atom. The van der Waals surface area contributed by atoms with Crippen LogP contribution in [-0.4, -0.2) is 30.7 Å². The molecule has 18 heavy (non-hydrogen) atoms. The Kier molecular flexibility index (Phi) is 5.02. The van der Waals surface area contributed by atoms with Crippen molar-refractivity contribution in [2.75, 3.05) is 25.4 Å². The Morgan fingerprint density at radius 2 is 2.17 bits per heavy atom. The van der Waals surface area contributed by atoms with Gasteiger partial charge in [0.1, 0.15) is 0 Å². The predicted molar refractivity (Wildman–Crippen MR) is 75.4 cm³/mol. The van der Waals surface area contributed by atoms with Crippen LogP contribution in [0, 0.1) is 0 Å². The average molecular weight is 248 g/mol. The second-order valence-corrected chi connectivity index (χ2v) is 5.02. The molecule has 1 aromatic rings. The van der Waals surface area contributed by atoms with Crippen LogP contribution in [0.15, 0.2) is 24.3 Å². The molecule has 0 spiro atoms. The number of nitrogen functional groups attached to an aromatic ring is 1. The number of likely N-dealkylation sites (N-methyl/N-ethyl adjacent to an activating group) is 1. The normalized spacial score (nSPS) is 20.2. The maximum absolute atomic E-state index is 6.00. The average Bonchev–Trinajstić information content (AvgIpc) is 2.41. The van der Waals surface area contributed by atoms with Gasteiger partial charge in [0.15, 0.2) is 0 Å². The van der Waals surface area contributed by atoms with Gasteiger partial charge in [-0.1, -0.05) is 25.1 Å². The van der Waals surface area contributed by atoms with E-state index in [-0.39, 0.29) is 0 Å². The summed E-state index contributed by atoms with van der Waals surface area (Å²) < 4.78 is 5.81. The van der Waals surface area contributed by atoms with E-state index in [2.05, 4.69) is 24.0 Å². The maximum Gasteiger partial charge on any atom is 0.0702 e. The molecule has 0 bridgehead atoms. The highest BCUT2D eigenvalue weighted by atomic mass is 16.5. The van der Waals surface area contributed by atoms with Gasteiger partial charge in [0.05, 0.1) is 6.10 Å². The number of nitrogens with two attached hydrogens (primary N) is 1. The fraction of sp³-hybridized carbons (Fsp3) is 0.600. The lowest BCUT2D eigenvalue weighted by molar-refractivity contribution is -0.00620. The summed E-state index contributed by atoms with van der Waals surface area (Å²) in [5.41, 5.74) is 8.11. The van der Waals surface area contributed by atoms with Gasteiger partial charge < -0.3 is 10.5 Å². The minimum Gasteiger partial charge on any atom is -0.398 e. The Hall–Kier alpha value is -1.06. The van der Waals surface area contributed by atoms with Crippen LogP contribution in [0.5, 0.6) is 0 Å². The summed E-state index contributed by atoms with van der Waals surface area (Å²) in [5.74, 6) is 0. The van der Waals surface area contributed by atoms with Crippen LogP contribution in [0.25, 0.3) is 0 Å². The molecule has 1 heterocycles. The summed E-state index contributed by atoms with van der Waals surface area (Å²) in [7, 11) is 0. The first-order valence-corrected chi connectivity index (χ1v) is 6.97. The number of para-hydroxylation sites is 1. The Morgan fingerprint density at radius 1 is 1.33 bits per heavy atom. The molecule has 1 aliphatic rings. The Balaban J connectivity index is 1.90. The number of ether oxygens (including phenoxy) is 1. The van der Waals surface area contributed by atoms with E-state index in [0.717, 1.165) is 31.9 Å². The fourth-order valence-electron chi connectivity index (χ4n) is 2.46. The highest BCUT2D eigenvalue weighted by Gasteiger charge is 2.17. The third-order valence-electron chi connectivity index (χ3n) is 3.63. The molecule has 2 N–H and O–H groups in total. The minimum atomic E-state index is 0.406. The van der Waals surface area contributed by atoms with Crippen molar-refractivity contribution in [2.24, 2.45) is 0 Å². The van der Waals surface area contributed by atoms with Gasteiger partial charge in [0.25, 0.3) is 0 Å². The molecule has 3 nitrogen and oxygen atoms in total. The van der Waals surface area contributed by atoms with Gasteiger partial charge in [-0.25, -0.2) is 0 Å². The Bertz CT molecular complexity index is 361. The predicted octanol–water partition coefficient (Wildman–Crippen LogP) is 2.66. The van der Waals surface area contributed by atoms with Crippen LogP contribution < -0.4 is 5.73 Å². The molecular weight excluding hydrogens is 224 g/mol. The van der Waals surface area contributed by atoms with Crippen molar-refractivity contribution in [2.45, 2.75) is 38.8 Å². The van der Waals surface area contributed by atoms with Crippen LogP contribution in [0.4, 0.5) is 5.69 Å². The van der Waals surface area contributed by atoms with Gasteiger partial charge >= 0.3 is 0 Å². The lowest BCUT2D eigenvalue weighted by atomic mass is 10.1. The standard InChI is InChI=1S/C15H24N2O/c1-2-17(12-14-8-5-6-10-18-14)11-13-7-3-4-9-15(13)16/h3-4,7,9,14H,2,5-6,8,10-12,16H2,1H3. The molecule has 1 atom stereocenters. The van der Waals surface area contributed by atoms with Gasteiger partial charge in [-0.15, -0.1) is 0 Å². The first-order valence-electron chi connectivity index (χ1n) is 6.97. The Labute approximate surface area is 110 Å². The lowest BCUT2D eigenvalue weighted by Crippen LogP contribution is -2.35. The summed E-state index contributed by atoms with van der Waals surface area (Å²) in [6.07, 6.45) is 4.12. The fourth-order valence-corrected chi connectivity index (χ4v) is 2.46. The van der Waals surface area contributed by atoms with Crippen molar-refractivity contribution in [1.29, 1.82) is 0 Å².